The van der Waals surface area contributed by atoms with E-state index in [0.717, 1.165) is 5.75 Å². The fourth-order valence-electron chi connectivity index (χ4n) is 2.07. The van der Waals surface area contributed by atoms with E-state index in [2.05, 4.69) is 4.74 Å². The number of halogens is 2. The van der Waals surface area contributed by atoms with Gasteiger partial charge in [0.15, 0.2) is 0 Å². The summed E-state index contributed by atoms with van der Waals surface area (Å²) < 4.78 is 39.1. The summed E-state index contributed by atoms with van der Waals surface area (Å²) in [5.74, 6) is 1.19. The van der Waals surface area contributed by atoms with Crippen molar-refractivity contribution in [2.75, 3.05) is 27.3 Å². The molecule has 1 amide bonds. The second-order valence-corrected chi connectivity index (χ2v) is 5.15. The molecule has 7 heteroatoms. The van der Waals surface area contributed by atoms with Crippen molar-refractivity contribution in [3.8, 4) is 17.2 Å². The summed E-state index contributed by atoms with van der Waals surface area (Å²) >= 11 is 0. The first kappa shape index (κ1) is 18.5. The van der Waals surface area contributed by atoms with Gasteiger partial charge in [-0.2, -0.15) is 8.78 Å². The van der Waals surface area contributed by atoms with Crippen LogP contribution in [-0.2, 0) is 0 Å². The molecule has 0 unspecified atom stereocenters. The molecule has 2 aromatic carbocycles. The predicted molar refractivity (Wildman–Crippen MR) is 88.5 cm³/mol. The van der Waals surface area contributed by atoms with Gasteiger partial charge in [0.1, 0.15) is 23.9 Å². The molecule has 0 aliphatic carbocycles. The Hall–Kier alpha value is -2.83. The van der Waals surface area contributed by atoms with Crippen LogP contribution in [0.5, 0.6) is 17.2 Å². The number of carbonyl (C=O) groups excluding carboxylic acids is 1. The molecule has 0 saturated heterocycles. The minimum atomic E-state index is -2.89. The Morgan fingerprint density at radius 3 is 2.12 bits per heavy atom. The van der Waals surface area contributed by atoms with Crippen LogP contribution >= 0.6 is 0 Å². The van der Waals surface area contributed by atoms with Crippen LogP contribution in [0, 0.1) is 0 Å². The van der Waals surface area contributed by atoms with E-state index < -0.39 is 6.61 Å². The van der Waals surface area contributed by atoms with Crippen molar-refractivity contribution in [2.45, 2.75) is 6.61 Å². The highest BCUT2D eigenvalue weighted by molar-refractivity contribution is 5.94. The Labute approximate surface area is 144 Å². The number of alkyl halides is 2. The van der Waals surface area contributed by atoms with Crippen molar-refractivity contribution in [2.24, 2.45) is 0 Å². The molecule has 134 valence electrons. The van der Waals surface area contributed by atoms with Gasteiger partial charge in [0.25, 0.3) is 5.91 Å². The monoisotopic (exact) mass is 351 g/mol. The molecule has 2 aromatic rings. The van der Waals surface area contributed by atoms with Crippen LogP contribution in [0.3, 0.4) is 0 Å². The van der Waals surface area contributed by atoms with Gasteiger partial charge in [-0.1, -0.05) is 0 Å². The van der Waals surface area contributed by atoms with E-state index in [1.165, 1.54) is 29.2 Å². The fourth-order valence-corrected chi connectivity index (χ4v) is 2.07. The number of benzene rings is 2. The summed E-state index contributed by atoms with van der Waals surface area (Å²) in [6.07, 6.45) is 0. The van der Waals surface area contributed by atoms with Gasteiger partial charge in [-0.25, -0.2) is 0 Å². The molecule has 0 aliphatic heterocycles. The Balaban J connectivity index is 1.82. The molecule has 0 radical (unpaired) electrons. The first-order valence-corrected chi connectivity index (χ1v) is 7.57. The maximum atomic E-state index is 12.3. The van der Waals surface area contributed by atoms with E-state index in [1.54, 1.807) is 38.4 Å². The maximum absolute atomic E-state index is 12.3. The number of carbonyl (C=O) groups is 1. The smallest absolute Gasteiger partial charge is 0.387 e. The summed E-state index contributed by atoms with van der Waals surface area (Å²) in [6, 6.07) is 12.7. The number of ether oxygens (including phenoxy) is 3. The van der Waals surface area contributed by atoms with Crippen LogP contribution in [0.2, 0.25) is 0 Å². The summed E-state index contributed by atoms with van der Waals surface area (Å²) in [5.41, 5.74) is 0.383. The average molecular weight is 351 g/mol. The van der Waals surface area contributed by atoms with E-state index in [0.29, 0.717) is 24.5 Å². The van der Waals surface area contributed by atoms with Crippen molar-refractivity contribution >= 4 is 5.91 Å². The Bertz CT molecular complexity index is 674. The Morgan fingerprint density at radius 1 is 1.00 bits per heavy atom. The first-order chi connectivity index (χ1) is 12.0. The minimum absolute atomic E-state index is 0.0112. The first-order valence-electron chi connectivity index (χ1n) is 7.57. The zero-order valence-corrected chi connectivity index (χ0v) is 13.9. The Kier molecular flexibility index (Phi) is 6.56. The fraction of sp³-hybridized carbons (Fsp3) is 0.278. The third kappa shape index (κ3) is 5.63. The van der Waals surface area contributed by atoms with Crippen LogP contribution < -0.4 is 14.2 Å². The van der Waals surface area contributed by atoms with Gasteiger partial charge in [-0.15, -0.1) is 0 Å². The van der Waals surface area contributed by atoms with Gasteiger partial charge in [0, 0.05) is 12.6 Å². The van der Waals surface area contributed by atoms with Gasteiger partial charge in [0.05, 0.1) is 13.7 Å². The number of amides is 1. The SMILES string of the molecule is COc1ccc(OCCN(C)C(=O)c2ccc(OC(F)F)cc2)cc1. The molecule has 0 spiro atoms. The zero-order valence-electron chi connectivity index (χ0n) is 13.9. The van der Waals surface area contributed by atoms with E-state index in [9.17, 15) is 13.6 Å². The van der Waals surface area contributed by atoms with Gasteiger partial charge < -0.3 is 19.1 Å². The lowest BCUT2D eigenvalue weighted by Gasteiger charge is -2.18. The molecule has 25 heavy (non-hydrogen) atoms. The number of methoxy groups -OCH3 is 1. The number of hydrogen-bond acceptors (Lipinski definition) is 4. The van der Waals surface area contributed by atoms with E-state index in [1.807, 2.05) is 0 Å². The van der Waals surface area contributed by atoms with E-state index in [-0.39, 0.29) is 11.7 Å². The summed E-state index contributed by atoms with van der Waals surface area (Å²) in [4.78, 5) is 13.8. The van der Waals surface area contributed by atoms with E-state index in [4.69, 9.17) is 9.47 Å². The molecule has 0 fully saturated rings. The largest absolute Gasteiger partial charge is 0.497 e. The second kappa shape index (κ2) is 8.86. The average Bonchev–Trinajstić information content (AvgIpc) is 2.61. The summed E-state index contributed by atoms with van der Waals surface area (Å²) in [6.45, 7) is -2.19. The predicted octanol–water partition coefficient (Wildman–Crippen LogP) is 3.45. The van der Waals surface area contributed by atoms with Gasteiger partial charge in [-0.05, 0) is 48.5 Å². The second-order valence-electron chi connectivity index (χ2n) is 5.15. The molecule has 0 aromatic heterocycles. The quantitative estimate of drug-likeness (QED) is 0.731. The van der Waals surface area contributed by atoms with Crippen molar-refractivity contribution in [1.82, 2.24) is 4.90 Å². The highest BCUT2D eigenvalue weighted by Gasteiger charge is 2.12. The molecule has 5 nitrogen and oxygen atoms in total. The van der Waals surface area contributed by atoms with Crippen LogP contribution in [0.15, 0.2) is 48.5 Å². The highest BCUT2D eigenvalue weighted by atomic mass is 19.3. The standard InChI is InChI=1S/C18H19F2NO4/c1-21(11-12-24-15-9-7-14(23-2)8-10-15)17(22)13-3-5-16(6-4-13)25-18(19)20/h3-10,18H,11-12H2,1-2H3. The van der Waals surface area contributed by atoms with Crippen molar-refractivity contribution in [1.29, 1.82) is 0 Å². The molecular formula is C18H19F2NO4. The van der Waals surface area contributed by atoms with Crippen LogP contribution in [0.25, 0.3) is 0 Å². The number of nitrogens with zero attached hydrogens (tertiary/aromatic N) is 1. The third-order valence-corrected chi connectivity index (χ3v) is 3.43. The topological polar surface area (TPSA) is 48.0 Å². The normalized spacial score (nSPS) is 10.4. The number of likely N-dealkylation sites (N-methyl/N-ethyl adjacent to an activating group) is 1. The minimum Gasteiger partial charge on any atom is -0.497 e. The summed E-state index contributed by atoms with van der Waals surface area (Å²) in [7, 11) is 3.23. The Morgan fingerprint density at radius 2 is 1.56 bits per heavy atom. The van der Waals surface area contributed by atoms with Crippen LogP contribution in [0.4, 0.5) is 8.78 Å². The molecule has 0 heterocycles. The third-order valence-electron chi connectivity index (χ3n) is 3.43. The molecule has 2 rings (SSSR count). The lowest BCUT2D eigenvalue weighted by atomic mass is 10.2. The van der Waals surface area contributed by atoms with Crippen molar-refractivity contribution in [3.05, 3.63) is 54.1 Å². The van der Waals surface area contributed by atoms with Crippen molar-refractivity contribution in [3.63, 3.8) is 0 Å². The zero-order chi connectivity index (χ0) is 18.2. The number of hydrogen-bond donors (Lipinski definition) is 0. The summed E-state index contributed by atoms with van der Waals surface area (Å²) in [5, 5.41) is 0. The van der Waals surface area contributed by atoms with Crippen LogP contribution in [-0.4, -0.2) is 44.7 Å². The van der Waals surface area contributed by atoms with E-state index >= 15 is 0 Å². The lowest BCUT2D eigenvalue weighted by Crippen LogP contribution is -2.30. The highest BCUT2D eigenvalue weighted by Crippen LogP contribution is 2.17. The molecule has 0 atom stereocenters. The molecule has 0 bridgehead atoms. The van der Waals surface area contributed by atoms with Gasteiger partial charge in [0.2, 0.25) is 0 Å². The van der Waals surface area contributed by atoms with Gasteiger partial charge >= 0.3 is 6.61 Å². The molecule has 0 N–H and O–H groups in total. The lowest BCUT2D eigenvalue weighted by molar-refractivity contribution is -0.0498. The molecule has 0 saturated carbocycles. The number of rotatable bonds is 8. The van der Waals surface area contributed by atoms with Crippen LogP contribution in [0.1, 0.15) is 10.4 Å². The molecular weight excluding hydrogens is 332 g/mol. The maximum Gasteiger partial charge on any atom is 0.387 e. The van der Waals surface area contributed by atoms with Crippen molar-refractivity contribution < 1.29 is 27.8 Å². The van der Waals surface area contributed by atoms with Gasteiger partial charge in [-0.3, -0.25) is 4.79 Å². The molecule has 0 aliphatic rings.